The van der Waals surface area contributed by atoms with Crippen molar-refractivity contribution in [2.24, 2.45) is 11.7 Å². The number of amides is 2. The molecule has 0 heterocycles. The van der Waals surface area contributed by atoms with Crippen molar-refractivity contribution in [3.63, 3.8) is 0 Å². The van der Waals surface area contributed by atoms with E-state index in [1.165, 1.54) is 7.11 Å². The molecule has 0 unspecified atom stereocenters. The highest BCUT2D eigenvalue weighted by atomic mass is 16.5. The van der Waals surface area contributed by atoms with E-state index in [9.17, 15) is 14.4 Å². The quantitative estimate of drug-likeness (QED) is 0.652. The Morgan fingerprint density at radius 3 is 2.33 bits per heavy atom. The van der Waals surface area contributed by atoms with E-state index < -0.39 is 35.8 Å². The fourth-order valence-corrected chi connectivity index (χ4v) is 2.35. The van der Waals surface area contributed by atoms with Gasteiger partial charge in [0.15, 0.2) is 6.10 Å². The number of carbonyl (C=O) groups is 3. The Kier molecular flexibility index (Phi) is 7.91. The maximum atomic E-state index is 12.4. The maximum absolute atomic E-state index is 12.4. The molecule has 24 heavy (non-hydrogen) atoms. The van der Waals surface area contributed by atoms with Crippen LogP contribution in [0.3, 0.4) is 0 Å². The summed E-state index contributed by atoms with van der Waals surface area (Å²) in [4.78, 5) is 35.7. The molecule has 0 spiro atoms. The summed E-state index contributed by atoms with van der Waals surface area (Å²) in [7, 11) is 1.40. The number of carbonyl (C=O) groups excluding carboxylic acids is 3. The molecule has 7 nitrogen and oxygen atoms in total. The van der Waals surface area contributed by atoms with E-state index >= 15 is 0 Å². The summed E-state index contributed by atoms with van der Waals surface area (Å²) in [5, 5.41) is 2.57. The van der Waals surface area contributed by atoms with Crippen LogP contribution in [0.25, 0.3) is 0 Å². The van der Waals surface area contributed by atoms with Gasteiger partial charge in [0.25, 0.3) is 5.91 Å². The fraction of sp³-hybridized carbons (Fsp3) is 0.471. The van der Waals surface area contributed by atoms with E-state index in [4.69, 9.17) is 15.2 Å². The summed E-state index contributed by atoms with van der Waals surface area (Å²) in [5.74, 6) is -2.16. The lowest BCUT2D eigenvalue weighted by molar-refractivity contribution is -0.145. The van der Waals surface area contributed by atoms with Crippen LogP contribution in [0.2, 0.25) is 0 Å². The number of ether oxygens (including phenoxy) is 2. The summed E-state index contributed by atoms with van der Waals surface area (Å²) < 4.78 is 10.1. The van der Waals surface area contributed by atoms with E-state index in [0.717, 1.165) is 0 Å². The molecule has 0 radical (unpaired) electrons. The molecule has 7 heteroatoms. The molecule has 0 aliphatic carbocycles. The van der Waals surface area contributed by atoms with E-state index in [0.29, 0.717) is 5.56 Å². The van der Waals surface area contributed by atoms with Crippen molar-refractivity contribution in [3.8, 4) is 0 Å². The molecule has 3 N–H and O–H groups in total. The lowest BCUT2D eigenvalue weighted by Gasteiger charge is -2.24. The zero-order valence-corrected chi connectivity index (χ0v) is 14.2. The van der Waals surface area contributed by atoms with Gasteiger partial charge in [0.2, 0.25) is 5.91 Å². The second kappa shape index (κ2) is 9.67. The van der Waals surface area contributed by atoms with Crippen LogP contribution < -0.4 is 11.1 Å². The average molecular weight is 336 g/mol. The van der Waals surface area contributed by atoms with Gasteiger partial charge in [-0.15, -0.1) is 0 Å². The number of rotatable bonds is 9. The number of hydrogen-bond donors (Lipinski definition) is 2. The Labute approximate surface area is 141 Å². The second-order valence-electron chi connectivity index (χ2n) is 5.40. The van der Waals surface area contributed by atoms with Crippen LogP contribution in [0, 0.1) is 5.92 Å². The SMILES string of the molecule is CCOC(=O)C[C@H](C)[C@@H](NC(=O)[C@H](OC)c1ccccc1)C(N)=O. The van der Waals surface area contributed by atoms with Crippen molar-refractivity contribution >= 4 is 17.8 Å². The average Bonchev–Trinajstić information content (AvgIpc) is 2.54. The predicted molar refractivity (Wildman–Crippen MR) is 87.7 cm³/mol. The van der Waals surface area contributed by atoms with Crippen LogP contribution in [0.15, 0.2) is 30.3 Å². The molecule has 0 aromatic heterocycles. The maximum Gasteiger partial charge on any atom is 0.306 e. The van der Waals surface area contributed by atoms with Crippen molar-refractivity contribution < 1.29 is 23.9 Å². The van der Waals surface area contributed by atoms with Crippen molar-refractivity contribution in [2.75, 3.05) is 13.7 Å². The molecule has 0 bridgehead atoms. The highest BCUT2D eigenvalue weighted by molar-refractivity contribution is 5.89. The number of nitrogens with one attached hydrogen (secondary N) is 1. The third kappa shape index (κ3) is 5.66. The Bertz CT molecular complexity index is 561. The van der Waals surface area contributed by atoms with Gasteiger partial charge in [-0.1, -0.05) is 37.3 Å². The zero-order valence-electron chi connectivity index (χ0n) is 14.2. The standard InChI is InChI=1S/C17H24N2O5/c1-4-24-13(20)10-11(2)14(16(18)21)19-17(22)15(23-3)12-8-6-5-7-9-12/h5-9,11,14-15H,4,10H2,1-3H3,(H2,18,21)(H,19,22)/t11-,14+,15+/m0/s1. The molecule has 0 aliphatic heterocycles. The van der Waals surface area contributed by atoms with Crippen LogP contribution in [0.5, 0.6) is 0 Å². The highest BCUT2D eigenvalue weighted by Gasteiger charge is 2.30. The van der Waals surface area contributed by atoms with Crippen LogP contribution in [0.4, 0.5) is 0 Å². The highest BCUT2D eigenvalue weighted by Crippen LogP contribution is 2.18. The lowest BCUT2D eigenvalue weighted by Crippen LogP contribution is -2.50. The van der Waals surface area contributed by atoms with Gasteiger partial charge in [-0.3, -0.25) is 14.4 Å². The van der Waals surface area contributed by atoms with Gasteiger partial charge >= 0.3 is 5.97 Å². The van der Waals surface area contributed by atoms with Gasteiger partial charge in [-0.2, -0.15) is 0 Å². The van der Waals surface area contributed by atoms with Crippen LogP contribution in [-0.4, -0.2) is 37.5 Å². The molecule has 0 saturated heterocycles. The van der Waals surface area contributed by atoms with E-state index in [1.54, 1.807) is 38.1 Å². The Hall–Kier alpha value is -2.41. The number of methoxy groups -OCH3 is 1. The third-order valence-corrected chi connectivity index (χ3v) is 3.54. The summed E-state index contributed by atoms with van der Waals surface area (Å²) in [6.45, 7) is 3.59. The first-order chi connectivity index (χ1) is 11.4. The first kappa shape index (κ1) is 19.6. The molecule has 1 aromatic carbocycles. The van der Waals surface area contributed by atoms with Gasteiger partial charge in [-0.25, -0.2) is 0 Å². The molecular weight excluding hydrogens is 312 g/mol. The number of nitrogens with two attached hydrogens (primary N) is 1. The van der Waals surface area contributed by atoms with E-state index in [1.807, 2.05) is 6.07 Å². The van der Waals surface area contributed by atoms with Gasteiger partial charge in [-0.05, 0) is 18.4 Å². The topological polar surface area (TPSA) is 108 Å². The van der Waals surface area contributed by atoms with Gasteiger partial charge < -0.3 is 20.5 Å². The van der Waals surface area contributed by atoms with Crippen LogP contribution in [0.1, 0.15) is 31.9 Å². The lowest BCUT2D eigenvalue weighted by atomic mass is 9.97. The molecule has 0 saturated carbocycles. The molecule has 0 fully saturated rings. The molecule has 132 valence electrons. The number of esters is 1. The van der Waals surface area contributed by atoms with Gasteiger partial charge in [0.05, 0.1) is 13.0 Å². The summed E-state index contributed by atoms with van der Waals surface area (Å²) in [6.07, 6.45) is -0.895. The Morgan fingerprint density at radius 2 is 1.83 bits per heavy atom. The fourth-order valence-electron chi connectivity index (χ4n) is 2.35. The molecular formula is C17H24N2O5. The number of benzene rings is 1. The van der Waals surface area contributed by atoms with Crippen molar-refractivity contribution in [1.29, 1.82) is 0 Å². The molecule has 0 aliphatic rings. The van der Waals surface area contributed by atoms with Crippen LogP contribution >= 0.6 is 0 Å². The first-order valence-corrected chi connectivity index (χ1v) is 7.73. The number of primary amides is 1. The number of hydrogen-bond acceptors (Lipinski definition) is 5. The van der Waals surface area contributed by atoms with Crippen molar-refractivity contribution in [1.82, 2.24) is 5.32 Å². The Morgan fingerprint density at radius 1 is 1.21 bits per heavy atom. The van der Waals surface area contributed by atoms with E-state index in [2.05, 4.69) is 5.32 Å². The van der Waals surface area contributed by atoms with Crippen LogP contribution in [-0.2, 0) is 23.9 Å². The minimum atomic E-state index is -0.997. The van der Waals surface area contributed by atoms with Gasteiger partial charge in [0, 0.05) is 7.11 Å². The van der Waals surface area contributed by atoms with Crippen molar-refractivity contribution in [2.45, 2.75) is 32.4 Å². The summed E-state index contributed by atoms with van der Waals surface area (Å²) in [6, 6.07) is 7.88. The van der Waals surface area contributed by atoms with Gasteiger partial charge in [0.1, 0.15) is 6.04 Å². The monoisotopic (exact) mass is 336 g/mol. The molecule has 1 rings (SSSR count). The normalized spacial score (nSPS) is 14.3. The molecule has 2 amide bonds. The van der Waals surface area contributed by atoms with E-state index in [-0.39, 0.29) is 13.0 Å². The molecule has 1 aromatic rings. The minimum absolute atomic E-state index is 0.0231. The Balaban J connectivity index is 2.81. The zero-order chi connectivity index (χ0) is 18.1. The smallest absolute Gasteiger partial charge is 0.306 e. The second-order valence-corrected chi connectivity index (χ2v) is 5.40. The largest absolute Gasteiger partial charge is 0.466 e. The van der Waals surface area contributed by atoms with Crippen molar-refractivity contribution in [3.05, 3.63) is 35.9 Å². The minimum Gasteiger partial charge on any atom is -0.466 e. The summed E-state index contributed by atoms with van der Waals surface area (Å²) in [5.41, 5.74) is 6.02. The third-order valence-electron chi connectivity index (χ3n) is 3.54. The first-order valence-electron chi connectivity index (χ1n) is 7.73. The predicted octanol–water partition coefficient (Wildman–Crippen LogP) is 0.933. The summed E-state index contributed by atoms with van der Waals surface area (Å²) >= 11 is 0. The molecule has 3 atom stereocenters.